The maximum atomic E-state index is 12.5. The number of carbonyl (C=O) groups is 1. The van der Waals surface area contributed by atoms with Crippen molar-refractivity contribution in [3.05, 3.63) is 22.8 Å². The second-order valence-corrected chi connectivity index (χ2v) is 9.62. The predicted octanol–water partition coefficient (Wildman–Crippen LogP) is 4.94. The average molecular weight is 530 g/mol. The molecule has 0 unspecified atom stereocenters. The van der Waals surface area contributed by atoms with Crippen LogP contribution < -0.4 is 4.74 Å². The first-order valence-corrected chi connectivity index (χ1v) is 12.5. The minimum atomic E-state index is -0.855. The lowest BCUT2D eigenvalue weighted by atomic mass is 9.80. The minimum absolute atomic E-state index is 0.0714. The van der Waals surface area contributed by atoms with Crippen LogP contribution in [0.1, 0.15) is 73.5 Å². The molecule has 1 spiro atoms. The van der Waals surface area contributed by atoms with Gasteiger partial charge in [0.15, 0.2) is 0 Å². The number of hydrogen-bond acceptors (Lipinski definition) is 6. The Balaban J connectivity index is 1.77. The summed E-state index contributed by atoms with van der Waals surface area (Å²) < 4.78 is 25.2. The highest BCUT2D eigenvalue weighted by Crippen LogP contribution is 2.55. The molecule has 6 nitrogen and oxygen atoms in total. The SMILES string of the molecule is CCCCC[C@@H]1Cc2cc(O)c(C(=O)OC)c3c2[C@H](C[C@]2(OC[C@@H](CI)[C@@H]2C)O3)O1. The minimum Gasteiger partial charge on any atom is -0.507 e. The summed E-state index contributed by atoms with van der Waals surface area (Å²) in [6.45, 7) is 4.95. The zero-order chi connectivity index (χ0) is 21.5. The number of halogens is 1. The van der Waals surface area contributed by atoms with Crippen molar-refractivity contribution in [1.29, 1.82) is 0 Å². The summed E-state index contributed by atoms with van der Waals surface area (Å²) >= 11 is 2.38. The number of ether oxygens (including phenoxy) is 4. The number of aromatic hydroxyl groups is 1. The van der Waals surface area contributed by atoms with E-state index in [1.54, 1.807) is 6.07 Å². The molecule has 3 aliphatic rings. The van der Waals surface area contributed by atoms with E-state index >= 15 is 0 Å². The lowest BCUT2D eigenvalue weighted by molar-refractivity contribution is -0.214. The Morgan fingerprint density at radius 2 is 2.20 bits per heavy atom. The third-order valence-electron chi connectivity index (χ3n) is 6.92. The fourth-order valence-corrected chi connectivity index (χ4v) is 6.09. The summed E-state index contributed by atoms with van der Waals surface area (Å²) in [7, 11) is 1.31. The van der Waals surface area contributed by atoms with Gasteiger partial charge in [-0.3, -0.25) is 0 Å². The topological polar surface area (TPSA) is 74.2 Å². The van der Waals surface area contributed by atoms with Crippen LogP contribution in [0, 0.1) is 11.8 Å². The molecule has 1 aromatic carbocycles. The van der Waals surface area contributed by atoms with E-state index < -0.39 is 11.8 Å². The van der Waals surface area contributed by atoms with Gasteiger partial charge < -0.3 is 24.1 Å². The lowest BCUT2D eigenvalue weighted by Crippen LogP contribution is -2.48. The van der Waals surface area contributed by atoms with Crippen LogP contribution in [0.25, 0.3) is 0 Å². The van der Waals surface area contributed by atoms with Crippen molar-refractivity contribution in [3.8, 4) is 11.5 Å². The third-order valence-corrected chi connectivity index (χ3v) is 8.05. The number of phenolic OH excluding ortho intramolecular Hbond substituents is 1. The number of rotatable bonds is 6. The quantitative estimate of drug-likeness (QED) is 0.243. The molecule has 0 amide bonds. The van der Waals surface area contributed by atoms with E-state index in [4.69, 9.17) is 18.9 Å². The fourth-order valence-electron chi connectivity index (χ4n) is 5.08. The largest absolute Gasteiger partial charge is 0.507 e. The van der Waals surface area contributed by atoms with Gasteiger partial charge in [0, 0.05) is 28.2 Å². The number of methoxy groups -OCH3 is 1. The molecule has 7 heteroatoms. The van der Waals surface area contributed by atoms with Crippen molar-refractivity contribution in [2.24, 2.45) is 11.8 Å². The molecule has 0 aliphatic carbocycles. The summed E-state index contributed by atoms with van der Waals surface area (Å²) in [4.78, 5) is 12.5. The molecule has 30 heavy (non-hydrogen) atoms. The third kappa shape index (κ3) is 3.71. The van der Waals surface area contributed by atoms with Crippen molar-refractivity contribution in [3.63, 3.8) is 0 Å². The standard InChI is InChI=1S/C23H31IO6/c1-4-5-6-7-16-8-14-9-17(25)20(22(26)27-3)21-19(14)18(29-16)10-23(30-21)13(2)15(11-24)12-28-23/h9,13,15-16,18,25H,4-8,10-12H2,1-3H3/t13-,15+,16+,18-,23-/m0/s1. The van der Waals surface area contributed by atoms with Crippen LogP contribution in [0.15, 0.2) is 6.07 Å². The summed E-state index contributed by atoms with van der Waals surface area (Å²) in [6, 6.07) is 1.70. The molecule has 0 aromatic heterocycles. The van der Waals surface area contributed by atoms with Gasteiger partial charge in [-0.15, -0.1) is 0 Å². The Bertz CT molecular complexity index is 811. The number of phenols is 1. The molecule has 166 valence electrons. The zero-order valence-electron chi connectivity index (χ0n) is 17.9. The van der Waals surface area contributed by atoms with Crippen molar-refractivity contribution in [2.75, 3.05) is 18.1 Å². The molecule has 3 heterocycles. The van der Waals surface area contributed by atoms with Gasteiger partial charge in [-0.2, -0.15) is 0 Å². The highest BCUT2D eigenvalue weighted by molar-refractivity contribution is 14.1. The smallest absolute Gasteiger partial charge is 0.345 e. The molecule has 5 atom stereocenters. The first kappa shape index (κ1) is 22.1. The Hall–Kier alpha value is -1.06. The average Bonchev–Trinajstić information content (AvgIpc) is 3.02. The summed E-state index contributed by atoms with van der Waals surface area (Å²) in [6.07, 6.45) is 5.63. The molecule has 0 saturated carbocycles. The summed E-state index contributed by atoms with van der Waals surface area (Å²) in [5.74, 6) is -0.676. The van der Waals surface area contributed by atoms with E-state index in [2.05, 4.69) is 36.4 Å². The molecular formula is C23H31IO6. The first-order chi connectivity index (χ1) is 14.4. The van der Waals surface area contributed by atoms with Gasteiger partial charge in [0.1, 0.15) is 17.1 Å². The van der Waals surface area contributed by atoms with Crippen molar-refractivity contribution in [1.82, 2.24) is 0 Å². The molecule has 0 bridgehead atoms. The van der Waals surface area contributed by atoms with E-state index in [-0.39, 0.29) is 29.4 Å². The molecule has 1 saturated heterocycles. The highest BCUT2D eigenvalue weighted by Gasteiger charge is 2.56. The number of hydrogen-bond donors (Lipinski definition) is 1. The van der Waals surface area contributed by atoms with Crippen LogP contribution in [0.3, 0.4) is 0 Å². The maximum Gasteiger partial charge on any atom is 0.345 e. The van der Waals surface area contributed by atoms with Crippen LogP contribution in [-0.2, 0) is 20.6 Å². The van der Waals surface area contributed by atoms with Gasteiger partial charge in [-0.1, -0.05) is 55.7 Å². The zero-order valence-corrected chi connectivity index (χ0v) is 20.1. The highest BCUT2D eigenvalue weighted by atomic mass is 127. The molecule has 4 rings (SSSR count). The van der Waals surface area contributed by atoms with Crippen molar-refractivity contribution >= 4 is 28.6 Å². The fraction of sp³-hybridized carbons (Fsp3) is 0.696. The Kier molecular flexibility index (Phi) is 6.51. The number of esters is 1. The molecule has 1 N–H and O–H groups in total. The monoisotopic (exact) mass is 530 g/mol. The molecule has 0 radical (unpaired) electrons. The van der Waals surface area contributed by atoms with E-state index in [1.165, 1.54) is 20.0 Å². The Labute approximate surface area is 191 Å². The van der Waals surface area contributed by atoms with Gasteiger partial charge in [-0.25, -0.2) is 4.79 Å². The first-order valence-electron chi connectivity index (χ1n) is 11.0. The maximum absolute atomic E-state index is 12.5. The second-order valence-electron chi connectivity index (χ2n) is 8.74. The van der Waals surface area contributed by atoms with Gasteiger partial charge in [-0.05, 0) is 24.5 Å². The van der Waals surface area contributed by atoms with E-state index in [0.717, 1.165) is 28.4 Å². The van der Waals surface area contributed by atoms with Gasteiger partial charge in [0.05, 0.1) is 25.9 Å². The normalized spacial score (nSPS) is 32.0. The molecular weight excluding hydrogens is 499 g/mol. The Morgan fingerprint density at radius 1 is 1.40 bits per heavy atom. The lowest BCUT2D eigenvalue weighted by Gasteiger charge is -2.45. The second kappa shape index (κ2) is 8.82. The summed E-state index contributed by atoms with van der Waals surface area (Å²) in [5.41, 5.74) is 1.94. The van der Waals surface area contributed by atoms with Crippen LogP contribution in [0.4, 0.5) is 0 Å². The van der Waals surface area contributed by atoms with Crippen molar-refractivity contribution in [2.45, 2.75) is 70.4 Å². The van der Waals surface area contributed by atoms with E-state index in [0.29, 0.717) is 31.1 Å². The van der Waals surface area contributed by atoms with Crippen molar-refractivity contribution < 1.29 is 28.8 Å². The van der Waals surface area contributed by atoms with Crippen LogP contribution in [0.5, 0.6) is 11.5 Å². The van der Waals surface area contributed by atoms with Gasteiger partial charge in [0.2, 0.25) is 5.79 Å². The van der Waals surface area contributed by atoms with Crippen LogP contribution >= 0.6 is 22.6 Å². The Morgan fingerprint density at radius 3 is 2.87 bits per heavy atom. The number of unbranched alkanes of at least 4 members (excludes halogenated alkanes) is 2. The summed E-state index contributed by atoms with van der Waals surface area (Å²) in [5, 5.41) is 10.7. The van der Waals surface area contributed by atoms with E-state index in [1.807, 2.05) is 0 Å². The predicted molar refractivity (Wildman–Crippen MR) is 120 cm³/mol. The molecule has 1 fully saturated rings. The number of alkyl halides is 1. The molecule has 1 aromatic rings. The van der Waals surface area contributed by atoms with Gasteiger partial charge >= 0.3 is 5.97 Å². The van der Waals surface area contributed by atoms with Crippen LogP contribution in [-0.4, -0.2) is 41.1 Å². The molecule has 3 aliphatic heterocycles. The van der Waals surface area contributed by atoms with E-state index in [9.17, 15) is 9.90 Å². The number of benzene rings is 1. The van der Waals surface area contributed by atoms with Crippen LogP contribution in [0.2, 0.25) is 0 Å². The van der Waals surface area contributed by atoms with Gasteiger partial charge in [0.25, 0.3) is 0 Å². The number of carbonyl (C=O) groups excluding carboxylic acids is 1.